The van der Waals surface area contributed by atoms with Crippen LogP contribution in [0.5, 0.6) is 0 Å². The topological polar surface area (TPSA) is 49.4 Å². The molecule has 4 nitrogen and oxygen atoms in total. The molecule has 0 bridgehead atoms. The van der Waals surface area contributed by atoms with Crippen molar-refractivity contribution in [1.29, 1.82) is 0 Å². The van der Waals surface area contributed by atoms with E-state index in [0.29, 0.717) is 34.7 Å². The van der Waals surface area contributed by atoms with Crippen LogP contribution in [0, 0.1) is 0 Å². The number of carbonyl (C=O) groups is 2. The van der Waals surface area contributed by atoms with Crippen molar-refractivity contribution >= 4 is 46.2 Å². The van der Waals surface area contributed by atoms with Gasteiger partial charge in [0, 0.05) is 19.0 Å². The summed E-state index contributed by atoms with van der Waals surface area (Å²) in [4.78, 5) is 26.8. The monoisotopic (exact) mass is 400 g/mol. The minimum Gasteiger partial charge on any atom is -0.353 e. The molecular weight excluding hydrogens is 376 g/mol. The fraction of sp³-hybridized carbons (Fsp3) is 0.381. The zero-order valence-electron chi connectivity index (χ0n) is 15.2. The second-order valence-electron chi connectivity index (χ2n) is 6.78. The van der Waals surface area contributed by atoms with Gasteiger partial charge in [-0.3, -0.25) is 14.5 Å². The van der Waals surface area contributed by atoms with Crippen LogP contribution < -0.4 is 5.32 Å². The molecule has 0 unspecified atom stereocenters. The van der Waals surface area contributed by atoms with E-state index in [1.54, 1.807) is 11.0 Å². The molecule has 1 N–H and O–H groups in total. The molecule has 0 spiro atoms. The molecule has 1 aliphatic carbocycles. The van der Waals surface area contributed by atoms with Crippen LogP contribution in [-0.4, -0.2) is 33.6 Å². The Morgan fingerprint density at radius 1 is 1.26 bits per heavy atom. The molecule has 2 amide bonds. The molecule has 142 valence electrons. The number of allylic oxidation sites excluding steroid dienone is 2. The summed E-state index contributed by atoms with van der Waals surface area (Å²) in [6, 6.07) is 10.3. The molecule has 0 radical (unpaired) electrons. The van der Waals surface area contributed by atoms with Gasteiger partial charge in [0.15, 0.2) is 0 Å². The van der Waals surface area contributed by atoms with Crippen molar-refractivity contribution in [2.24, 2.45) is 0 Å². The lowest BCUT2D eigenvalue weighted by Gasteiger charge is -2.15. The molecule has 1 aromatic rings. The third kappa shape index (κ3) is 5.78. The predicted octanol–water partition coefficient (Wildman–Crippen LogP) is 4.28. The Labute approximate surface area is 170 Å². The third-order valence-electron chi connectivity index (χ3n) is 4.72. The van der Waals surface area contributed by atoms with E-state index in [9.17, 15) is 9.59 Å². The van der Waals surface area contributed by atoms with Crippen molar-refractivity contribution in [3.8, 4) is 0 Å². The maximum Gasteiger partial charge on any atom is 0.266 e. The van der Waals surface area contributed by atoms with E-state index in [1.165, 1.54) is 24.6 Å². The van der Waals surface area contributed by atoms with E-state index in [0.717, 1.165) is 18.4 Å². The van der Waals surface area contributed by atoms with Crippen molar-refractivity contribution in [2.45, 2.75) is 44.6 Å². The van der Waals surface area contributed by atoms with E-state index in [1.807, 2.05) is 42.5 Å². The molecule has 27 heavy (non-hydrogen) atoms. The summed E-state index contributed by atoms with van der Waals surface area (Å²) in [5, 5.41) is 3.08. The SMILES string of the molecule is O=C(CCCN1C(=O)C(=CC=Cc2ccccc2)SC1=S)NC1CCCC1. The molecule has 0 aromatic heterocycles. The summed E-state index contributed by atoms with van der Waals surface area (Å²) >= 11 is 6.65. The lowest BCUT2D eigenvalue weighted by atomic mass is 10.2. The molecular formula is C21H24N2O2S2. The molecule has 1 saturated heterocycles. The number of benzene rings is 1. The van der Waals surface area contributed by atoms with E-state index in [-0.39, 0.29) is 11.8 Å². The quantitative estimate of drug-likeness (QED) is 0.548. The summed E-state index contributed by atoms with van der Waals surface area (Å²) < 4.78 is 0.565. The first-order valence-corrected chi connectivity index (χ1v) is 10.6. The van der Waals surface area contributed by atoms with Gasteiger partial charge in [0.1, 0.15) is 4.32 Å². The first-order valence-electron chi connectivity index (χ1n) is 9.40. The lowest BCUT2D eigenvalue weighted by molar-refractivity contribution is -0.124. The highest BCUT2D eigenvalue weighted by molar-refractivity contribution is 8.26. The van der Waals surface area contributed by atoms with Crippen LogP contribution in [0.1, 0.15) is 44.1 Å². The minimum atomic E-state index is -0.0705. The second kappa shape index (κ2) is 9.85. The molecule has 2 fully saturated rings. The predicted molar refractivity (Wildman–Crippen MR) is 115 cm³/mol. The maximum absolute atomic E-state index is 12.5. The molecule has 1 aromatic carbocycles. The normalized spacial score (nSPS) is 19.6. The van der Waals surface area contributed by atoms with Gasteiger partial charge in [0.25, 0.3) is 5.91 Å². The van der Waals surface area contributed by atoms with E-state index in [2.05, 4.69) is 5.32 Å². The number of hydrogen-bond acceptors (Lipinski definition) is 4. The van der Waals surface area contributed by atoms with Crippen LogP contribution in [0.4, 0.5) is 0 Å². The summed E-state index contributed by atoms with van der Waals surface area (Å²) in [6.45, 7) is 0.489. The summed E-state index contributed by atoms with van der Waals surface area (Å²) in [6.07, 6.45) is 11.3. The van der Waals surface area contributed by atoms with Crippen molar-refractivity contribution in [3.63, 3.8) is 0 Å². The lowest BCUT2D eigenvalue weighted by Crippen LogP contribution is -2.34. The zero-order valence-corrected chi connectivity index (χ0v) is 16.9. The number of carbonyl (C=O) groups excluding carboxylic acids is 2. The van der Waals surface area contributed by atoms with E-state index in [4.69, 9.17) is 12.2 Å². The van der Waals surface area contributed by atoms with Gasteiger partial charge in [-0.05, 0) is 30.9 Å². The Bertz CT molecular complexity index is 753. The highest BCUT2D eigenvalue weighted by Gasteiger charge is 2.31. The summed E-state index contributed by atoms with van der Waals surface area (Å²) in [5.74, 6) is 0.00703. The standard InChI is InChI=1S/C21H24N2O2S2/c24-19(22-17-11-4-5-12-17)14-7-15-23-20(25)18(27-21(23)26)13-6-10-16-8-2-1-3-9-16/h1-3,6,8-10,13,17H,4-5,7,11-12,14-15H2,(H,22,24). The van der Waals surface area contributed by atoms with Gasteiger partial charge in [-0.1, -0.05) is 79.3 Å². The van der Waals surface area contributed by atoms with Crippen molar-refractivity contribution in [2.75, 3.05) is 6.54 Å². The van der Waals surface area contributed by atoms with Crippen LogP contribution >= 0.6 is 24.0 Å². The Morgan fingerprint density at radius 3 is 2.74 bits per heavy atom. The van der Waals surface area contributed by atoms with Gasteiger partial charge < -0.3 is 5.32 Å². The number of hydrogen-bond donors (Lipinski definition) is 1. The van der Waals surface area contributed by atoms with Crippen LogP contribution in [-0.2, 0) is 9.59 Å². The molecule has 1 saturated carbocycles. The number of nitrogens with zero attached hydrogens (tertiary/aromatic N) is 1. The first kappa shape index (κ1) is 19.8. The van der Waals surface area contributed by atoms with Crippen molar-refractivity contribution in [3.05, 3.63) is 53.0 Å². The fourth-order valence-electron chi connectivity index (χ4n) is 3.29. The molecule has 1 aliphatic heterocycles. The molecule has 1 heterocycles. The number of thioether (sulfide) groups is 1. The van der Waals surface area contributed by atoms with Crippen LogP contribution in [0.2, 0.25) is 0 Å². The van der Waals surface area contributed by atoms with Gasteiger partial charge >= 0.3 is 0 Å². The van der Waals surface area contributed by atoms with Gasteiger partial charge in [-0.15, -0.1) is 0 Å². The van der Waals surface area contributed by atoms with Crippen LogP contribution in [0.25, 0.3) is 6.08 Å². The highest BCUT2D eigenvalue weighted by atomic mass is 32.2. The second-order valence-corrected chi connectivity index (χ2v) is 8.45. The average Bonchev–Trinajstić information content (AvgIpc) is 3.26. The number of thiocarbonyl (C=S) groups is 1. The zero-order chi connectivity index (χ0) is 19.1. The Morgan fingerprint density at radius 2 is 2.00 bits per heavy atom. The summed E-state index contributed by atoms with van der Waals surface area (Å²) in [7, 11) is 0. The van der Waals surface area contributed by atoms with E-state index >= 15 is 0 Å². The minimum absolute atomic E-state index is 0.0705. The number of amides is 2. The smallest absolute Gasteiger partial charge is 0.266 e. The molecule has 6 heteroatoms. The number of nitrogens with one attached hydrogen (secondary N) is 1. The first-order chi connectivity index (χ1) is 13.1. The Kier molecular flexibility index (Phi) is 7.24. The van der Waals surface area contributed by atoms with Gasteiger partial charge in [0.2, 0.25) is 5.91 Å². The van der Waals surface area contributed by atoms with Gasteiger partial charge in [-0.25, -0.2) is 0 Å². The fourth-order valence-corrected chi connectivity index (χ4v) is 4.55. The van der Waals surface area contributed by atoms with Gasteiger partial charge in [0.05, 0.1) is 4.91 Å². The Hall–Kier alpha value is -1.92. The largest absolute Gasteiger partial charge is 0.353 e. The molecule has 0 atom stereocenters. The number of rotatable bonds is 7. The van der Waals surface area contributed by atoms with Crippen molar-refractivity contribution < 1.29 is 9.59 Å². The van der Waals surface area contributed by atoms with Crippen molar-refractivity contribution in [1.82, 2.24) is 10.2 Å². The highest BCUT2D eigenvalue weighted by Crippen LogP contribution is 2.31. The average molecular weight is 401 g/mol. The van der Waals surface area contributed by atoms with Gasteiger partial charge in [-0.2, -0.15) is 0 Å². The maximum atomic E-state index is 12.5. The summed E-state index contributed by atoms with van der Waals surface area (Å²) in [5.41, 5.74) is 1.08. The van der Waals surface area contributed by atoms with Crippen LogP contribution in [0.15, 0.2) is 47.4 Å². The van der Waals surface area contributed by atoms with E-state index < -0.39 is 0 Å². The van der Waals surface area contributed by atoms with Crippen LogP contribution in [0.3, 0.4) is 0 Å². The Balaban J connectivity index is 1.46. The third-order valence-corrected chi connectivity index (χ3v) is 6.11. The molecule has 2 aliphatic rings. The molecule has 3 rings (SSSR count).